The molecule has 15 heavy (non-hydrogen) atoms. The van der Waals surface area contributed by atoms with Crippen LogP contribution in [0.4, 0.5) is 8.78 Å². The molecular weight excluding hydrogens is 210 g/mol. The Morgan fingerprint density at radius 1 is 1.20 bits per heavy atom. The highest BCUT2D eigenvalue weighted by Gasteiger charge is 2.20. The van der Waals surface area contributed by atoms with Crippen LogP contribution in [0.15, 0.2) is 12.1 Å². The van der Waals surface area contributed by atoms with Crippen LogP contribution in [-0.4, -0.2) is 24.2 Å². The SMILES string of the molecule is COC(=O)c1cc(F)c(F)cc1C(=O)O. The molecule has 0 aliphatic rings. The number of carboxylic acids is 1. The normalized spacial score (nSPS) is 9.80. The summed E-state index contributed by atoms with van der Waals surface area (Å²) in [6.07, 6.45) is 0. The first-order chi connectivity index (χ1) is 6.97. The summed E-state index contributed by atoms with van der Waals surface area (Å²) in [6, 6.07) is 0.925. The van der Waals surface area contributed by atoms with Crippen molar-refractivity contribution in [3.8, 4) is 0 Å². The number of carbonyl (C=O) groups is 2. The zero-order valence-electron chi connectivity index (χ0n) is 7.58. The fraction of sp³-hybridized carbons (Fsp3) is 0.111. The number of hydrogen-bond donors (Lipinski definition) is 1. The van der Waals surface area contributed by atoms with Crippen LogP contribution in [0.3, 0.4) is 0 Å². The Bertz CT molecular complexity index is 428. The van der Waals surface area contributed by atoms with E-state index in [2.05, 4.69) is 4.74 Å². The van der Waals surface area contributed by atoms with E-state index in [1.54, 1.807) is 0 Å². The minimum absolute atomic E-state index is 0.434. The first-order valence-corrected chi connectivity index (χ1v) is 3.78. The average Bonchev–Trinajstić information content (AvgIpc) is 2.20. The molecule has 0 aliphatic carbocycles. The molecule has 0 heterocycles. The van der Waals surface area contributed by atoms with E-state index in [1.165, 1.54) is 0 Å². The van der Waals surface area contributed by atoms with E-state index in [4.69, 9.17) is 5.11 Å². The maximum atomic E-state index is 12.7. The predicted molar refractivity (Wildman–Crippen MR) is 44.7 cm³/mol. The molecule has 0 spiro atoms. The van der Waals surface area contributed by atoms with Crippen LogP contribution in [0, 0.1) is 11.6 Å². The van der Waals surface area contributed by atoms with Crippen LogP contribution < -0.4 is 0 Å². The maximum Gasteiger partial charge on any atom is 0.338 e. The fourth-order valence-electron chi connectivity index (χ4n) is 1.00. The van der Waals surface area contributed by atoms with E-state index in [1.807, 2.05) is 0 Å². The summed E-state index contributed by atoms with van der Waals surface area (Å²) in [5.74, 6) is -5.21. The van der Waals surface area contributed by atoms with Gasteiger partial charge < -0.3 is 9.84 Å². The summed E-state index contributed by atoms with van der Waals surface area (Å²) in [5.41, 5.74) is -1.16. The molecule has 0 atom stereocenters. The summed E-state index contributed by atoms with van der Waals surface area (Å²) in [4.78, 5) is 21.6. The predicted octanol–water partition coefficient (Wildman–Crippen LogP) is 1.45. The topological polar surface area (TPSA) is 63.6 Å². The number of ether oxygens (including phenoxy) is 1. The quantitative estimate of drug-likeness (QED) is 0.760. The third kappa shape index (κ3) is 2.09. The van der Waals surface area contributed by atoms with E-state index in [0.717, 1.165) is 7.11 Å². The third-order valence-electron chi connectivity index (χ3n) is 1.70. The van der Waals surface area contributed by atoms with Gasteiger partial charge in [0, 0.05) is 0 Å². The minimum atomic E-state index is -1.53. The first-order valence-electron chi connectivity index (χ1n) is 3.78. The van der Waals surface area contributed by atoms with Gasteiger partial charge in [-0.1, -0.05) is 0 Å². The van der Waals surface area contributed by atoms with Crippen LogP contribution in [0.1, 0.15) is 20.7 Å². The Morgan fingerprint density at radius 2 is 1.67 bits per heavy atom. The van der Waals surface area contributed by atoms with Crippen LogP contribution in [0.2, 0.25) is 0 Å². The Morgan fingerprint density at radius 3 is 2.07 bits per heavy atom. The number of carboxylic acid groups (broad SMARTS) is 1. The highest BCUT2D eigenvalue weighted by atomic mass is 19.2. The molecule has 0 aliphatic heterocycles. The number of esters is 1. The molecule has 0 aromatic heterocycles. The smallest absolute Gasteiger partial charge is 0.338 e. The molecule has 0 saturated carbocycles. The van der Waals surface area contributed by atoms with Crippen molar-refractivity contribution in [3.63, 3.8) is 0 Å². The van der Waals surface area contributed by atoms with Crippen LogP contribution >= 0.6 is 0 Å². The molecule has 1 rings (SSSR count). The molecule has 0 unspecified atom stereocenters. The summed E-state index contributed by atoms with van der Waals surface area (Å²) in [6.45, 7) is 0. The van der Waals surface area contributed by atoms with Gasteiger partial charge in [0.1, 0.15) is 0 Å². The zero-order chi connectivity index (χ0) is 11.6. The Balaban J connectivity index is 3.41. The molecule has 1 aromatic carbocycles. The number of aromatic carboxylic acids is 1. The molecule has 0 saturated heterocycles. The monoisotopic (exact) mass is 216 g/mol. The van der Waals surface area contributed by atoms with E-state index in [9.17, 15) is 18.4 Å². The van der Waals surface area contributed by atoms with Crippen molar-refractivity contribution in [2.75, 3.05) is 7.11 Å². The Kier molecular flexibility index (Phi) is 2.99. The van der Waals surface area contributed by atoms with Crippen molar-refractivity contribution in [1.29, 1.82) is 0 Å². The summed E-state index contributed by atoms with van der Waals surface area (Å²) >= 11 is 0. The van der Waals surface area contributed by atoms with E-state index in [-0.39, 0.29) is 0 Å². The second-order valence-corrected chi connectivity index (χ2v) is 2.61. The van der Waals surface area contributed by atoms with Crippen LogP contribution in [-0.2, 0) is 4.74 Å². The summed E-state index contributed by atoms with van der Waals surface area (Å²) in [5, 5.41) is 8.63. The summed E-state index contributed by atoms with van der Waals surface area (Å²) < 4.78 is 29.7. The molecule has 0 radical (unpaired) electrons. The number of halogens is 2. The average molecular weight is 216 g/mol. The van der Waals surface area contributed by atoms with Gasteiger partial charge in [0.25, 0.3) is 0 Å². The number of hydrogen-bond acceptors (Lipinski definition) is 3. The number of carbonyl (C=O) groups excluding carboxylic acids is 1. The second-order valence-electron chi connectivity index (χ2n) is 2.61. The zero-order valence-corrected chi connectivity index (χ0v) is 7.58. The van der Waals surface area contributed by atoms with Gasteiger partial charge in [0.05, 0.1) is 18.2 Å². The van der Waals surface area contributed by atoms with Gasteiger partial charge in [-0.05, 0) is 12.1 Å². The lowest BCUT2D eigenvalue weighted by Crippen LogP contribution is -2.11. The standard InChI is InChI=1S/C9H6F2O4/c1-15-9(14)5-3-7(11)6(10)2-4(5)8(12)13/h2-3H,1H3,(H,12,13). The molecule has 6 heteroatoms. The van der Waals surface area contributed by atoms with Crippen molar-refractivity contribution < 1.29 is 28.2 Å². The van der Waals surface area contributed by atoms with Crippen molar-refractivity contribution in [1.82, 2.24) is 0 Å². The largest absolute Gasteiger partial charge is 0.478 e. The number of rotatable bonds is 2. The molecule has 0 amide bonds. The highest BCUT2D eigenvalue weighted by Crippen LogP contribution is 2.16. The van der Waals surface area contributed by atoms with Gasteiger partial charge >= 0.3 is 11.9 Å². The minimum Gasteiger partial charge on any atom is -0.478 e. The van der Waals surface area contributed by atoms with Gasteiger partial charge in [0.15, 0.2) is 11.6 Å². The maximum absolute atomic E-state index is 12.7. The molecule has 1 aromatic rings. The van der Waals surface area contributed by atoms with Gasteiger partial charge in [-0.15, -0.1) is 0 Å². The van der Waals surface area contributed by atoms with Gasteiger partial charge in [-0.2, -0.15) is 0 Å². The number of benzene rings is 1. The molecule has 1 N–H and O–H groups in total. The molecule has 0 fully saturated rings. The lowest BCUT2D eigenvalue weighted by Gasteiger charge is -2.04. The lowest BCUT2D eigenvalue weighted by molar-refractivity contribution is 0.0581. The van der Waals surface area contributed by atoms with E-state index < -0.39 is 34.7 Å². The Hall–Kier alpha value is -1.98. The second kappa shape index (κ2) is 4.04. The first kappa shape index (κ1) is 11.1. The van der Waals surface area contributed by atoms with Gasteiger partial charge in [-0.3, -0.25) is 0 Å². The lowest BCUT2D eigenvalue weighted by atomic mass is 10.1. The number of methoxy groups -OCH3 is 1. The van der Waals surface area contributed by atoms with Crippen LogP contribution in [0.25, 0.3) is 0 Å². The molecule has 4 nitrogen and oxygen atoms in total. The van der Waals surface area contributed by atoms with Crippen molar-refractivity contribution in [2.45, 2.75) is 0 Å². The van der Waals surface area contributed by atoms with Crippen molar-refractivity contribution in [2.24, 2.45) is 0 Å². The van der Waals surface area contributed by atoms with Gasteiger partial charge in [-0.25, -0.2) is 18.4 Å². The third-order valence-corrected chi connectivity index (χ3v) is 1.70. The fourth-order valence-corrected chi connectivity index (χ4v) is 1.00. The Labute approximate surface area is 83.1 Å². The van der Waals surface area contributed by atoms with E-state index >= 15 is 0 Å². The van der Waals surface area contributed by atoms with Crippen molar-refractivity contribution >= 4 is 11.9 Å². The van der Waals surface area contributed by atoms with Crippen LogP contribution in [0.5, 0.6) is 0 Å². The molecule has 0 bridgehead atoms. The van der Waals surface area contributed by atoms with E-state index in [0.29, 0.717) is 12.1 Å². The molecular formula is C9H6F2O4. The van der Waals surface area contributed by atoms with Crippen molar-refractivity contribution in [3.05, 3.63) is 34.9 Å². The molecule has 80 valence electrons. The van der Waals surface area contributed by atoms with Gasteiger partial charge in [0.2, 0.25) is 0 Å². The highest BCUT2D eigenvalue weighted by molar-refractivity contribution is 6.02. The summed E-state index contributed by atoms with van der Waals surface area (Å²) in [7, 11) is 1.01.